The Hall–Kier alpha value is -2.40. The minimum absolute atomic E-state index is 0. The van der Waals surface area contributed by atoms with E-state index in [9.17, 15) is 18.5 Å². The largest absolute Gasteiger partial charge is 0.486 e. The van der Waals surface area contributed by atoms with Gasteiger partial charge in [-0.3, -0.25) is 10.1 Å². The van der Waals surface area contributed by atoms with Gasteiger partial charge in [0.25, 0.3) is 5.69 Å². The molecule has 2 aromatic carbocycles. The topological polar surface area (TPSA) is 120 Å². The van der Waals surface area contributed by atoms with Crippen LogP contribution in [0.2, 0.25) is 0 Å². The summed E-state index contributed by atoms with van der Waals surface area (Å²) in [5.41, 5.74) is 2.53. The molecule has 0 saturated heterocycles. The fourth-order valence-electron chi connectivity index (χ4n) is 3.13. The van der Waals surface area contributed by atoms with Gasteiger partial charge in [-0.05, 0) is 16.7 Å². The van der Waals surface area contributed by atoms with E-state index in [0.29, 0.717) is 0 Å². The molecule has 2 aliphatic heterocycles. The molecule has 0 unspecified atom stereocenters. The van der Waals surface area contributed by atoms with E-state index in [1.165, 1.54) is 5.56 Å². The molecule has 0 aromatic heterocycles. The van der Waals surface area contributed by atoms with Crippen molar-refractivity contribution < 1.29 is 22.8 Å². The smallest absolute Gasteiger partial charge is 0.293 e. The van der Waals surface area contributed by atoms with Crippen molar-refractivity contribution in [2.24, 2.45) is 0 Å². The third-order valence-electron chi connectivity index (χ3n) is 4.48. The molecule has 0 radical (unpaired) electrons. The third kappa shape index (κ3) is 3.90. The molecular weight excluding hydrogens is 410 g/mol. The Bertz CT molecular complexity index is 1030. The Kier molecular flexibility index (Phi) is 5.75. The van der Waals surface area contributed by atoms with Gasteiger partial charge in [0.15, 0.2) is 16.4 Å². The lowest BCUT2D eigenvalue weighted by Gasteiger charge is -2.19. The molecule has 4 rings (SSSR count). The Labute approximate surface area is 167 Å². The Morgan fingerprint density at radius 1 is 1.07 bits per heavy atom. The van der Waals surface area contributed by atoms with Crippen molar-refractivity contribution in [1.82, 2.24) is 10.0 Å². The summed E-state index contributed by atoms with van der Waals surface area (Å²) in [5, 5.41) is 14.6. The number of nitrogens with one attached hydrogen (secondary N) is 2. The second-order valence-electron chi connectivity index (χ2n) is 6.25. The molecule has 0 aliphatic carbocycles. The zero-order valence-electron chi connectivity index (χ0n) is 14.6. The van der Waals surface area contributed by atoms with Crippen LogP contribution in [0.25, 0.3) is 0 Å². The number of fused-ring (bicyclic) bond motifs is 2. The number of hydrogen-bond acceptors (Lipinski definition) is 7. The molecule has 2 heterocycles. The molecule has 0 atom stereocenters. The first-order chi connectivity index (χ1) is 12.9. The predicted molar refractivity (Wildman–Crippen MR) is 102 cm³/mol. The lowest BCUT2D eigenvalue weighted by Crippen LogP contribution is -2.25. The molecular formula is C17H18ClN3O6S. The second kappa shape index (κ2) is 7.92. The highest BCUT2D eigenvalue weighted by atomic mass is 35.5. The van der Waals surface area contributed by atoms with Crippen molar-refractivity contribution in [1.29, 1.82) is 0 Å². The third-order valence-corrected chi connectivity index (χ3v) is 5.91. The lowest BCUT2D eigenvalue weighted by atomic mass is 10.1. The van der Waals surface area contributed by atoms with Crippen LogP contribution in [0.4, 0.5) is 5.69 Å². The minimum Gasteiger partial charge on any atom is -0.486 e. The number of hydrogen-bond donors (Lipinski definition) is 2. The summed E-state index contributed by atoms with van der Waals surface area (Å²) in [6, 6.07) is 7.94. The van der Waals surface area contributed by atoms with Crippen LogP contribution in [0.3, 0.4) is 0 Å². The van der Waals surface area contributed by atoms with Crippen LogP contribution in [0.1, 0.15) is 16.7 Å². The molecule has 2 aromatic rings. The summed E-state index contributed by atoms with van der Waals surface area (Å²) < 4.78 is 38.6. The first-order valence-electron chi connectivity index (χ1n) is 8.33. The van der Waals surface area contributed by atoms with Gasteiger partial charge < -0.3 is 14.8 Å². The second-order valence-corrected chi connectivity index (χ2v) is 7.99. The number of rotatable bonds is 5. The van der Waals surface area contributed by atoms with Crippen LogP contribution in [0.15, 0.2) is 35.2 Å². The summed E-state index contributed by atoms with van der Waals surface area (Å²) in [4.78, 5) is 10.2. The summed E-state index contributed by atoms with van der Waals surface area (Å²) in [7, 11) is -4.12. The van der Waals surface area contributed by atoms with Crippen molar-refractivity contribution in [3.05, 3.63) is 57.1 Å². The van der Waals surface area contributed by atoms with Crippen molar-refractivity contribution in [2.75, 3.05) is 13.2 Å². The quantitative estimate of drug-likeness (QED) is 0.552. The maximum Gasteiger partial charge on any atom is 0.293 e. The number of sulfonamides is 1. The van der Waals surface area contributed by atoms with Crippen molar-refractivity contribution in [3.63, 3.8) is 0 Å². The van der Waals surface area contributed by atoms with E-state index in [1.54, 1.807) is 0 Å². The first-order valence-corrected chi connectivity index (χ1v) is 9.81. The zero-order chi connectivity index (χ0) is 19.0. The van der Waals surface area contributed by atoms with Crippen molar-refractivity contribution >= 4 is 28.1 Å². The highest BCUT2D eigenvalue weighted by molar-refractivity contribution is 7.89. The minimum atomic E-state index is -4.12. The van der Waals surface area contributed by atoms with Crippen LogP contribution in [0.5, 0.6) is 11.5 Å². The van der Waals surface area contributed by atoms with Crippen LogP contribution in [0, 0.1) is 10.1 Å². The fourth-order valence-corrected chi connectivity index (χ4v) is 4.31. The highest BCUT2D eigenvalue weighted by Crippen LogP contribution is 2.38. The number of benzene rings is 2. The standard InChI is InChI=1S/C17H17N3O6S.ClH/c21-20(22)14-6-15-16(26-4-3-25-15)7-17(14)27(23,24)19-8-11-1-2-12-9-18-10-13(12)5-11;/h1-2,5-7,18-19H,3-4,8-10H2;1H. The van der Waals surface area contributed by atoms with Crippen LogP contribution in [-0.2, 0) is 29.7 Å². The molecule has 0 spiro atoms. The Morgan fingerprint density at radius 2 is 1.75 bits per heavy atom. The zero-order valence-corrected chi connectivity index (χ0v) is 16.3. The SMILES string of the molecule is Cl.O=[N+]([O-])c1cc2c(cc1S(=O)(=O)NCc1ccc3c(c1)CNC3)OCCO2. The number of nitro groups is 1. The van der Waals surface area contributed by atoms with Crippen molar-refractivity contribution in [2.45, 2.75) is 24.5 Å². The van der Waals surface area contributed by atoms with Gasteiger partial charge in [0.2, 0.25) is 10.0 Å². The molecule has 11 heteroatoms. The molecule has 0 fully saturated rings. The average molecular weight is 428 g/mol. The van der Waals surface area contributed by atoms with Gasteiger partial charge in [-0.25, -0.2) is 13.1 Å². The number of halogens is 1. The Morgan fingerprint density at radius 3 is 2.46 bits per heavy atom. The van der Waals surface area contributed by atoms with E-state index >= 15 is 0 Å². The van der Waals surface area contributed by atoms with Gasteiger partial charge in [-0.15, -0.1) is 12.4 Å². The summed E-state index contributed by atoms with van der Waals surface area (Å²) >= 11 is 0. The molecule has 0 amide bonds. The molecule has 9 nitrogen and oxygen atoms in total. The van der Waals surface area contributed by atoms with Crippen molar-refractivity contribution in [3.8, 4) is 11.5 Å². The van der Waals surface area contributed by atoms with Gasteiger partial charge in [-0.1, -0.05) is 18.2 Å². The Balaban J connectivity index is 0.00000225. The first kappa shape index (κ1) is 20.3. The van der Waals surface area contributed by atoms with Gasteiger partial charge in [0.1, 0.15) is 13.2 Å². The maximum absolute atomic E-state index is 12.7. The van der Waals surface area contributed by atoms with Gasteiger partial charge in [0, 0.05) is 25.7 Å². The van der Waals surface area contributed by atoms with Crippen LogP contribution in [-0.4, -0.2) is 26.6 Å². The van der Waals surface area contributed by atoms with E-state index in [2.05, 4.69) is 10.0 Å². The molecule has 150 valence electrons. The van der Waals surface area contributed by atoms with Crippen LogP contribution < -0.4 is 19.5 Å². The van der Waals surface area contributed by atoms with Gasteiger partial charge in [-0.2, -0.15) is 0 Å². The maximum atomic E-state index is 12.7. The average Bonchev–Trinajstić information content (AvgIpc) is 3.13. The molecule has 0 saturated carbocycles. The molecule has 2 aliphatic rings. The van der Waals surface area contributed by atoms with Gasteiger partial charge in [0.05, 0.1) is 11.0 Å². The summed E-state index contributed by atoms with van der Waals surface area (Å²) in [6.07, 6.45) is 0. The number of nitro benzene ring substituents is 1. The highest BCUT2D eigenvalue weighted by Gasteiger charge is 2.30. The van der Waals surface area contributed by atoms with E-state index in [1.807, 2.05) is 18.2 Å². The van der Waals surface area contributed by atoms with E-state index in [-0.39, 0.29) is 43.7 Å². The fraction of sp³-hybridized carbons (Fsp3) is 0.294. The summed E-state index contributed by atoms with van der Waals surface area (Å²) in [5.74, 6) is 0.342. The van der Waals surface area contributed by atoms with E-state index < -0.39 is 25.5 Å². The normalized spacial score (nSPS) is 14.9. The van der Waals surface area contributed by atoms with E-state index in [4.69, 9.17) is 9.47 Å². The lowest BCUT2D eigenvalue weighted by molar-refractivity contribution is -0.388. The van der Waals surface area contributed by atoms with E-state index in [0.717, 1.165) is 36.3 Å². The number of nitrogens with zero attached hydrogens (tertiary/aromatic N) is 1. The monoisotopic (exact) mass is 427 g/mol. The predicted octanol–water partition coefficient (Wildman–Crippen LogP) is 1.87. The molecule has 28 heavy (non-hydrogen) atoms. The molecule has 0 bridgehead atoms. The summed E-state index contributed by atoms with van der Waals surface area (Å²) in [6.45, 7) is 2.07. The van der Waals surface area contributed by atoms with Crippen LogP contribution >= 0.6 is 12.4 Å². The van der Waals surface area contributed by atoms with Gasteiger partial charge >= 0.3 is 0 Å². The number of ether oxygens (including phenoxy) is 2. The molecule has 2 N–H and O–H groups in total.